The van der Waals surface area contributed by atoms with Crippen LogP contribution in [0, 0.1) is 0 Å². The molecule has 4 nitrogen and oxygen atoms in total. The number of nitrogens with one attached hydrogen (secondary N) is 1. The number of carbonyl (C=O) groups excluding carboxylic acids is 1. The fourth-order valence-corrected chi connectivity index (χ4v) is 1.71. The summed E-state index contributed by atoms with van der Waals surface area (Å²) in [4.78, 5) is 16.5. The maximum atomic E-state index is 12.2. The first kappa shape index (κ1) is 18.6. The van der Waals surface area contributed by atoms with Crippen LogP contribution in [0.1, 0.15) is 24.2 Å². The van der Waals surface area contributed by atoms with Gasteiger partial charge in [0.2, 0.25) is 0 Å². The molecule has 1 heterocycles. The molecule has 0 atom stereocenters. The van der Waals surface area contributed by atoms with E-state index in [2.05, 4.69) is 10.3 Å². The molecular formula is C14H19Cl2N3O. The van der Waals surface area contributed by atoms with Crippen LogP contribution in [0.2, 0.25) is 0 Å². The molecule has 3 N–H and O–H groups in total. The zero-order chi connectivity index (χ0) is 13.2. The van der Waals surface area contributed by atoms with Crippen molar-refractivity contribution in [3.8, 4) is 0 Å². The van der Waals surface area contributed by atoms with Gasteiger partial charge in [-0.05, 0) is 26.0 Å². The minimum absolute atomic E-state index is 0. The largest absolute Gasteiger partial charge is 0.346 e. The van der Waals surface area contributed by atoms with Gasteiger partial charge in [-0.25, -0.2) is 0 Å². The number of para-hydroxylation sites is 1. The molecular weight excluding hydrogens is 297 g/mol. The van der Waals surface area contributed by atoms with Gasteiger partial charge in [0.15, 0.2) is 0 Å². The fraction of sp³-hybridized carbons (Fsp3) is 0.286. The van der Waals surface area contributed by atoms with E-state index in [9.17, 15) is 4.79 Å². The van der Waals surface area contributed by atoms with Gasteiger partial charge in [-0.15, -0.1) is 24.8 Å². The Bertz CT molecular complexity index is 582. The predicted octanol–water partition coefficient (Wildman–Crippen LogP) is 2.55. The third-order valence-corrected chi connectivity index (χ3v) is 2.84. The van der Waals surface area contributed by atoms with Crippen molar-refractivity contribution in [1.29, 1.82) is 0 Å². The highest BCUT2D eigenvalue weighted by molar-refractivity contribution is 6.05. The van der Waals surface area contributed by atoms with Crippen LogP contribution in [0.25, 0.3) is 10.9 Å². The first-order chi connectivity index (χ1) is 8.53. The Labute approximate surface area is 131 Å². The van der Waals surface area contributed by atoms with Gasteiger partial charge in [-0.3, -0.25) is 9.78 Å². The zero-order valence-electron chi connectivity index (χ0n) is 11.4. The van der Waals surface area contributed by atoms with E-state index < -0.39 is 5.54 Å². The number of carbonyl (C=O) groups is 1. The highest BCUT2D eigenvalue weighted by Crippen LogP contribution is 2.16. The number of amides is 1. The second-order valence-corrected chi connectivity index (χ2v) is 4.92. The van der Waals surface area contributed by atoms with Crippen molar-refractivity contribution in [1.82, 2.24) is 10.3 Å². The van der Waals surface area contributed by atoms with Gasteiger partial charge in [0.1, 0.15) is 0 Å². The molecule has 110 valence electrons. The molecule has 20 heavy (non-hydrogen) atoms. The van der Waals surface area contributed by atoms with Crippen molar-refractivity contribution in [3.05, 3.63) is 42.1 Å². The average molecular weight is 316 g/mol. The van der Waals surface area contributed by atoms with E-state index in [1.54, 1.807) is 12.3 Å². The summed E-state index contributed by atoms with van der Waals surface area (Å²) in [6, 6.07) is 9.36. The van der Waals surface area contributed by atoms with Gasteiger partial charge in [0.05, 0.1) is 11.1 Å². The zero-order valence-corrected chi connectivity index (χ0v) is 13.1. The Hall–Kier alpha value is -1.36. The molecule has 0 spiro atoms. The standard InChI is InChI=1S/C14H17N3O.2ClH/c1-14(2,9-15)17-13(18)11-7-3-5-10-6-4-8-16-12(10)11;;/h3-8H,9,15H2,1-2H3,(H,17,18);2*1H. The van der Waals surface area contributed by atoms with Gasteiger partial charge >= 0.3 is 0 Å². The van der Waals surface area contributed by atoms with Crippen molar-refractivity contribution in [3.63, 3.8) is 0 Å². The van der Waals surface area contributed by atoms with Gasteiger partial charge < -0.3 is 11.1 Å². The second-order valence-electron chi connectivity index (χ2n) is 4.92. The van der Waals surface area contributed by atoms with Crippen molar-refractivity contribution < 1.29 is 4.79 Å². The van der Waals surface area contributed by atoms with Crippen molar-refractivity contribution in [2.24, 2.45) is 5.73 Å². The van der Waals surface area contributed by atoms with Crippen LogP contribution in [0.3, 0.4) is 0 Å². The third kappa shape index (κ3) is 4.07. The molecule has 2 rings (SSSR count). The molecule has 0 aliphatic heterocycles. The second kappa shape index (κ2) is 7.43. The molecule has 1 amide bonds. The summed E-state index contributed by atoms with van der Waals surface area (Å²) >= 11 is 0. The number of nitrogens with zero attached hydrogens (tertiary/aromatic N) is 1. The SMILES string of the molecule is CC(C)(CN)NC(=O)c1cccc2cccnc12.Cl.Cl. The van der Waals surface area contributed by atoms with Crippen LogP contribution in [-0.2, 0) is 0 Å². The summed E-state index contributed by atoms with van der Waals surface area (Å²) in [7, 11) is 0. The van der Waals surface area contributed by atoms with Gasteiger partial charge in [-0.1, -0.05) is 18.2 Å². The molecule has 0 aliphatic rings. The molecule has 0 fully saturated rings. The van der Waals surface area contributed by atoms with E-state index in [0.717, 1.165) is 5.39 Å². The molecule has 0 saturated heterocycles. The van der Waals surface area contributed by atoms with E-state index in [4.69, 9.17) is 5.73 Å². The van der Waals surface area contributed by atoms with E-state index in [1.807, 2.05) is 38.1 Å². The van der Waals surface area contributed by atoms with E-state index in [0.29, 0.717) is 17.6 Å². The summed E-state index contributed by atoms with van der Waals surface area (Å²) in [5.74, 6) is -0.144. The fourth-order valence-electron chi connectivity index (χ4n) is 1.71. The number of hydrogen-bond donors (Lipinski definition) is 2. The van der Waals surface area contributed by atoms with Crippen molar-refractivity contribution in [2.45, 2.75) is 19.4 Å². The lowest BCUT2D eigenvalue weighted by molar-refractivity contribution is 0.0917. The Kier molecular flexibility index (Phi) is 6.92. The summed E-state index contributed by atoms with van der Waals surface area (Å²) in [5.41, 5.74) is 6.48. The van der Waals surface area contributed by atoms with Crippen LogP contribution < -0.4 is 11.1 Å². The molecule has 0 saturated carbocycles. The quantitative estimate of drug-likeness (QED) is 0.914. The van der Waals surface area contributed by atoms with E-state index >= 15 is 0 Å². The number of aromatic nitrogens is 1. The predicted molar refractivity (Wildman–Crippen MR) is 86.8 cm³/mol. The van der Waals surface area contributed by atoms with E-state index in [1.165, 1.54) is 0 Å². The third-order valence-electron chi connectivity index (χ3n) is 2.84. The van der Waals surface area contributed by atoms with Gasteiger partial charge in [0.25, 0.3) is 5.91 Å². The minimum atomic E-state index is -0.423. The van der Waals surface area contributed by atoms with Gasteiger partial charge in [0, 0.05) is 23.7 Å². The number of pyridine rings is 1. The summed E-state index contributed by atoms with van der Waals surface area (Å²) < 4.78 is 0. The molecule has 1 aromatic heterocycles. The summed E-state index contributed by atoms with van der Waals surface area (Å²) in [5, 5.41) is 3.86. The highest BCUT2D eigenvalue weighted by Gasteiger charge is 2.20. The Morgan fingerprint density at radius 2 is 1.90 bits per heavy atom. The smallest absolute Gasteiger partial charge is 0.253 e. The molecule has 0 bridgehead atoms. The molecule has 2 aromatic rings. The Balaban J connectivity index is 0.00000180. The van der Waals surface area contributed by atoms with E-state index in [-0.39, 0.29) is 30.7 Å². The van der Waals surface area contributed by atoms with Crippen LogP contribution in [-0.4, -0.2) is 23.0 Å². The lowest BCUT2D eigenvalue weighted by atomic mass is 10.0. The summed E-state index contributed by atoms with van der Waals surface area (Å²) in [6.45, 7) is 4.17. The number of rotatable bonds is 3. The van der Waals surface area contributed by atoms with Gasteiger partial charge in [-0.2, -0.15) is 0 Å². The average Bonchev–Trinajstić information content (AvgIpc) is 2.37. The maximum Gasteiger partial charge on any atom is 0.253 e. The normalized spacial score (nSPS) is 10.3. The van der Waals surface area contributed by atoms with Crippen LogP contribution >= 0.6 is 24.8 Å². The Morgan fingerprint density at radius 1 is 1.25 bits per heavy atom. The number of hydrogen-bond acceptors (Lipinski definition) is 3. The van der Waals surface area contributed by atoms with Crippen molar-refractivity contribution >= 4 is 41.6 Å². The number of benzene rings is 1. The summed E-state index contributed by atoms with van der Waals surface area (Å²) in [6.07, 6.45) is 1.69. The molecule has 6 heteroatoms. The molecule has 1 aromatic carbocycles. The highest BCUT2D eigenvalue weighted by atomic mass is 35.5. The number of nitrogens with two attached hydrogens (primary N) is 1. The maximum absolute atomic E-state index is 12.2. The number of halogens is 2. The first-order valence-corrected chi connectivity index (χ1v) is 5.90. The first-order valence-electron chi connectivity index (χ1n) is 5.90. The minimum Gasteiger partial charge on any atom is -0.346 e. The lowest BCUT2D eigenvalue weighted by Gasteiger charge is -2.24. The van der Waals surface area contributed by atoms with Crippen LogP contribution in [0.5, 0.6) is 0 Å². The molecule has 0 radical (unpaired) electrons. The number of fused-ring (bicyclic) bond motifs is 1. The molecule has 0 aliphatic carbocycles. The monoisotopic (exact) mass is 315 g/mol. The Morgan fingerprint density at radius 3 is 2.55 bits per heavy atom. The topological polar surface area (TPSA) is 68.0 Å². The molecule has 0 unspecified atom stereocenters. The van der Waals surface area contributed by atoms with Crippen LogP contribution in [0.4, 0.5) is 0 Å². The van der Waals surface area contributed by atoms with Crippen molar-refractivity contribution in [2.75, 3.05) is 6.54 Å². The lowest BCUT2D eigenvalue weighted by Crippen LogP contribution is -2.48. The van der Waals surface area contributed by atoms with Crippen LogP contribution in [0.15, 0.2) is 36.5 Å².